The highest BCUT2D eigenvalue weighted by Crippen LogP contribution is 2.07. The van der Waals surface area contributed by atoms with Crippen LogP contribution in [0, 0.1) is 10.1 Å². The van der Waals surface area contributed by atoms with E-state index >= 15 is 0 Å². The second kappa shape index (κ2) is 7.70. The molecular formula is C9H21N3O2. The Bertz CT molecular complexity index is 164. The van der Waals surface area contributed by atoms with E-state index in [2.05, 4.69) is 0 Å². The molecule has 4 N–H and O–H groups in total. The van der Waals surface area contributed by atoms with Gasteiger partial charge >= 0.3 is 0 Å². The van der Waals surface area contributed by atoms with E-state index in [0.717, 1.165) is 25.7 Å². The molecule has 0 heterocycles. The van der Waals surface area contributed by atoms with Crippen molar-refractivity contribution in [3.8, 4) is 0 Å². The zero-order chi connectivity index (χ0) is 11.0. The number of hydrogen-bond acceptors (Lipinski definition) is 4. The summed E-state index contributed by atoms with van der Waals surface area (Å²) in [7, 11) is 0. The molecule has 0 aliphatic rings. The molecule has 0 aromatic carbocycles. The van der Waals surface area contributed by atoms with Gasteiger partial charge in [0.2, 0.25) is 6.04 Å². The number of rotatable bonds is 8. The average Bonchev–Trinajstić information content (AvgIpc) is 2.12. The van der Waals surface area contributed by atoms with Crippen molar-refractivity contribution in [2.24, 2.45) is 11.5 Å². The zero-order valence-corrected chi connectivity index (χ0v) is 8.82. The first-order valence-corrected chi connectivity index (χ1v) is 5.17. The lowest BCUT2D eigenvalue weighted by Gasteiger charge is -2.11. The molecule has 0 amide bonds. The van der Waals surface area contributed by atoms with Gasteiger partial charge in [0.05, 0.1) is 0 Å². The van der Waals surface area contributed by atoms with Crippen LogP contribution in [-0.4, -0.2) is 23.6 Å². The highest BCUT2D eigenvalue weighted by Gasteiger charge is 2.16. The van der Waals surface area contributed by atoms with E-state index in [-0.39, 0.29) is 11.0 Å². The Kier molecular flexibility index (Phi) is 7.32. The lowest BCUT2D eigenvalue weighted by atomic mass is 10.0. The Morgan fingerprint density at radius 1 is 1.36 bits per heavy atom. The quantitative estimate of drug-likeness (QED) is 0.348. The Morgan fingerprint density at radius 2 is 2.00 bits per heavy atom. The summed E-state index contributed by atoms with van der Waals surface area (Å²) < 4.78 is 0. The van der Waals surface area contributed by atoms with Gasteiger partial charge in [-0.25, -0.2) is 0 Å². The maximum Gasteiger partial charge on any atom is 0.211 e. The van der Waals surface area contributed by atoms with Crippen molar-refractivity contribution < 1.29 is 4.92 Å². The molecule has 0 bridgehead atoms. The molecule has 5 heteroatoms. The summed E-state index contributed by atoms with van der Waals surface area (Å²) in [5.41, 5.74) is 11.1. The molecule has 0 radical (unpaired) electrons. The normalized spacial score (nSPS) is 15.1. The molecule has 0 rings (SSSR count). The third kappa shape index (κ3) is 6.80. The summed E-state index contributed by atoms with van der Waals surface area (Å²) in [5.74, 6) is 0. The standard InChI is InChI=1S/C9H21N3O2/c1-8(12(13)14)7-9(11)5-3-2-4-6-10/h8-9H,2-7,10-11H2,1H3. The summed E-state index contributed by atoms with van der Waals surface area (Å²) in [4.78, 5) is 10.1. The van der Waals surface area contributed by atoms with Gasteiger partial charge in [0.1, 0.15) is 0 Å². The van der Waals surface area contributed by atoms with Gasteiger partial charge in [-0.1, -0.05) is 12.8 Å². The van der Waals surface area contributed by atoms with Gasteiger partial charge in [-0.05, 0) is 19.4 Å². The molecule has 2 unspecified atom stereocenters. The number of nitro groups is 1. The number of nitrogens with two attached hydrogens (primary N) is 2. The van der Waals surface area contributed by atoms with Gasteiger partial charge in [0.25, 0.3) is 0 Å². The second-order valence-electron chi connectivity index (χ2n) is 3.77. The van der Waals surface area contributed by atoms with E-state index in [1.54, 1.807) is 6.92 Å². The fourth-order valence-electron chi connectivity index (χ4n) is 1.37. The van der Waals surface area contributed by atoms with Crippen LogP contribution in [0.25, 0.3) is 0 Å². The van der Waals surface area contributed by atoms with Crippen LogP contribution in [0.5, 0.6) is 0 Å². The Labute approximate surface area is 85.0 Å². The molecular weight excluding hydrogens is 182 g/mol. The molecule has 0 aromatic rings. The lowest BCUT2D eigenvalue weighted by Crippen LogP contribution is -2.28. The summed E-state index contributed by atoms with van der Waals surface area (Å²) in [5, 5.41) is 10.3. The second-order valence-corrected chi connectivity index (χ2v) is 3.77. The fourth-order valence-corrected chi connectivity index (χ4v) is 1.37. The van der Waals surface area contributed by atoms with E-state index in [4.69, 9.17) is 11.5 Å². The van der Waals surface area contributed by atoms with Crippen molar-refractivity contribution in [1.29, 1.82) is 0 Å². The van der Waals surface area contributed by atoms with Crippen LogP contribution in [0.4, 0.5) is 0 Å². The zero-order valence-electron chi connectivity index (χ0n) is 8.82. The maximum atomic E-state index is 10.3. The monoisotopic (exact) mass is 203 g/mol. The smallest absolute Gasteiger partial charge is 0.211 e. The molecule has 84 valence electrons. The van der Waals surface area contributed by atoms with Crippen molar-refractivity contribution in [2.75, 3.05) is 6.54 Å². The Hall–Kier alpha value is -0.680. The van der Waals surface area contributed by atoms with Crippen molar-refractivity contribution in [2.45, 2.75) is 51.1 Å². The first kappa shape index (κ1) is 13.3. The number of nitrogens with zero attached hydrogens (tertiary/aromatic N) is 1. The van der Waals surface area contributed by atoms with Crippen molar-refractivity contribution in [3.63, 3.8) is 0 Å². The minimum Gasteiger partial charge on any atom is -0.330 e. The third-order valence-electron chi connectivity index (χ3n) is 2.28. The predicted molar refractivity (Wildman–Crippen MR) is 56.6 cm³/mol. The van der Waals surface area contributed by atoms with Crippen LogP contribution in [0.2, 0.25) is 0 Å². The summed E-state index contributed by atoms with van der Waals surface area (Å²) >= 11 is 0. The average molecular weight is 203 g/mol. The first-order chi connectivity index (χ1) is 6.57. The maximum absolute atomic E-state index is 10.3. The van der Waals surface area contributed by atoms with E-state index in [1.807, 2.05) is 0 Å². The molecule has 0 fully saturated rings. The van der Waals surface area contributed by atoms with Crippen LogP contribution < -0.4 is 11.5 Å². The molecule has 14 heavy (non-hydrogen) atoms. The number of hydrogen-bond donors (Lipinski definition) is 2. The molecule has 0 saturated heterocycles. The van der Waals surface area contributed by atoms with Gasteiger partial charge in [0, 0.05) is 24.3 Å². The van der Waals surface area contributed by atoms with E-state index < -0.39 is 6.04 Å². The van der Waals surface area contributed by atoms with Gasteiger partial charge in [-0.15, -0.1) is 0 Å². The minimum atomic E-state index is -0.528. The van der Waals surface area contributed by atoms with Crippen LogP contribution in [-0.2, 0) is 0 Å². The van der Waals surface area contributed by atoms with Crippen molar-refractivity contribution >= 4 is 0 Å². The van der Waals surface area contributed by atoms with Crippen LogP contribution in [0.3, 0.4) is 0 Å². The molecule has 2 atom stereocenters. The summed E-state index contributed by atoms with van der Waals surface area (Å²) in [6.07, 6.45) is 4.42. The van der Waals surface area contributed by atoms with Crippen LogP contribution in [0.15, 0.2) is 0 Å². The van der Waals surface area contributed by atoms with Crippen molar-refractivity contribution in [3.05, 3.63) is 10.1 Å². The van der Waals surface area contributed by atoms with Gasteiger partial charge < -0.3 is 11.5 Å². The highest BCUT2D eigenvalue weighted by molar-refractivity contribution is 4.65. The molecule has 0 spiro atoms. The van der Waals surface area contributed by atoms with Gasteiger partial charge in [-0.2, -0.15) is 0 Å². The van der Waals surface area contributed by atoms with Gasteiger partial charge in [0.15, 0.2) is 0 Å². The molecule has 0 aliphatic carbocycles. The molecule has 0 aliphatic heterocycles. The van der Waals surface area contributed by atoms with E-state index in [0.29, 0.717) is 13.0 Å². The van der Waals surface area contributed by atoms with E-state index in [9.17, 15) is 10.1 Å². The summed E-state index contributed by atoms with van der Waals surface area (Å²) in [6, 6.07) is -0.576. The van der Waals surface area contributed by atoms with E-state index in [1.165, 1.54) is 0 Å². The largest absolute Gasteiger partial charge is 0.330 e. The topological polar surface area (TPSA) is 95.2 Å². The predicted octanol–water partition coefficient (Wildman–Crippen LogP) is 0.888. The minimum absolute atomic E-state index is 0.0480. The first-order valence-electron chi connectivity index (χ1n) is 5.17. The van der Waals surface area contributed by atoms with Gasteiger partial charge in [-0.3, -0.25) is 10.1 Å². The lowest BCUT2D eigenvalue weighted by molar-refractivity contribution is -0.519. The third-order valence-corrected chi connectivity index (χ3v) is 2.28. The Morgan fingerprint density at radius 3 is 2.50 bits per heavy atom. The fraction of sp³-hybridized carbons (Fsp3) is 1.00. The Balaban J connectivity index is 3.45. The summed E-state index contributed by atoms with van der Waals surface area (Å²) in [6.45, 7) is 2.31. The molecule has 5 nitrogen and oxygen atoms in total. The number of unbranched alkanes of at least 4 members (excludes halogenated alkanes) is 2. The van der Waals surface area contributed by atoms with Crippen LogP contribution in [0.1, 0.15) is 39.0 Å². The molecule has 0 aromatic heterocycles. The van der Waals surface area contributed by atoms with Crippen LogP contribution >= 0.6 is 0 Å². The molecule has 0 saturated carbocycles. The highest BCUT2D eigenvalue weighted by atomic mass is 16.6. The van der Waals surface area contributed by atoms with Crippen molar-refractivity contribution in [1.82, 2.24) is 0 Å². The SMILES string of the molecule is CC(CC(N)CCCCCN)[N+](=O)[O-].